The van der Waals surface area contributed by atoms with E-state index in [2.05, 4.69) is 15.5 Å². The number of benzene rings is 1. The highest BCUT2D eigenvalue weighted by Crippen LogP contribution is 2.35. The number of aromatic nitrogens is 4. The predicted molar refractivity (Wildman–Crippen MR) is 105 cm³/mol. The third-order valence-corrected chi connectivity index (χ3v) is 5.34. The van der Waals surface area contributed by atoms with Crippen molar-refractivity contribution in [1.29, 1.82) is 0 Å². The van der Waals surface area contributed by atoms with Crippen LogP contribution >= 0.6 is 0 Å². The molecule has 0 spiro atoms. The van der Waals surface area contributed by atoms with Crippen LogP contribution in [0, 0.1) is 5.92 Å². The summed E-state index contributed by atoms with van der Waals surface area (Å²) < 4.78 is 23.7. The second-order valence-corrected chi connectivity index (χ2v) is 7.26. The molecular formula is C20H23N5O4. The van der Waals surface area contributed by atoms with Crippen molar-refractivity contribution in [1.82, 2.24) is 19.8 Å². The molecule has 2 aliphatic heterocycles. The van der Waals surface area contributed by atoms with Crippen LogP contribution in [-0.2, 0) is 9.47 Å². The Balaban J connectivity index is 1.44. The first-order valence-electron chi connectivity index (χ1n) is 9.77. The zero-order valence-corrected chi connectivity index (χ0v) is 16.2. The van der Waals surface area contributed by atoms with Gasteiger partial charge in [-0.2, -0.15) is 4.52 Å². The van der Waals surface area contributed by atoms with E-state index in [4.69, 9.17) is 24.0 Å². The molecular weight excluding hydrogens is 374 g/mol. The Morgan fingerprint density at radius 3 is 3.00 bits per heavy atom. The molecule has 1 N–H and O–H groups in total. The molecule has 2 atom stereocenters. The van der Waals surface area contributed by atoms with Gasteiger partial charge in [0.05, 0.1) is 19.3 Å². The average Bonchev–Trinajstić information content (AvgIpc) is 3.40. The molecule has 2 unspecified atom stereocenters. The van der Waals surface area contributed by atoms with Crippen molar-refractivity contribution in [3.05, 3.63) is 30.3 Å². The first-order valence-corrected chi connectivity index (χ1v) is 9.77. The van der Waals surface area contributed by atoms with Gasteiger partial charge >= 0.3 is 0 Å². The number of rotatable bonds is 6. The summed E-state index contributed by atoms with van der Waals surface area (Å²) in [5.41, 5.74) is 1.54. The molecule has 4 heterocycles. The number of fused-ring (bicyclic) bond motifs is 2. The Labute approximate surface area is 167 Å². The lowest BCUT2D eigenvalue weighted by Crippen LogP contribution is -2.38. The van der Waals surface area contributed by atoms with Crippen molar-refractivity contribution >= 4 is 11.5 Å². The second-order valence-electron chi connectivity index (χ2n) is 7.26. The highest BCUT2D eigenvalue weighted by atomic mass is 16.7. The van der Waals surface area contributed by atoms with Gasteiger partial charge in [0.25, 0.3) is 0 Å². The molecule has 152 valence electrons. The van der Waals surface area contributed by atoms with Gasteiger partial charge < -0.3 is 24.3 Å². The molecule has 0 aliphatic carbocycles. The maximum absolute atomic E-state index is 5.66. The molecule has 9 nitrogen and oxygen atoms in total. The van der Waals surface area contributed by atoms with Crippen molar-refractivity contribution in [2.75, 3.05) is 39.0 Å². The van der Waals surface area contributed by atoms with E-state index < -0.39 is 0 Å². The minimum absolute atomic E-state index is 0.121. The predicted octanol–water partition coefficient (Wildman–Crippen LogP) is 2.37. The standard InChI is InChI=1S/C20H23N5O4/c1-26-11-15(14-3-2-8-27-10-14)21-18-6-7-19-22-23-20(25(19)24-18)13-4-5-16-17(9-13)29-12-28-16/h4-7,9,14-15H,2-3,8,10-12H2,1H3,(H,21,24). The Morgan fingerprint density at radius 1 is 1.21 bits per heavy atom. The molecule has 9 heteroatoms. The molecule has 5 rings (SSSR count). The number of methoxy groups -OCH3 is 1. The van der Waals surface area contributed by atoms with Crippen LogP contribution in [0.15, 0.2) is 30.3 Å². The Hall–Kier alpha value is -2.91. The first kappa shape index (κ1) is 18.1. The maximum atomic E-state index is 5.66. The lowest BCUT2D eigenvalue weighted by atomic mass is 9.94. The van der Waals surface area contributed by atoms with Crippen molar-refractivity contribution in [3.8, 4) is 22.9 Å². The van der Waals surface area contributed by atoms with E-state index in [1.807, 2.05) is 30.3 Å². The summed E-state index contributed by atoms with van der Waals surface area (Å²) in [4.78, 5) is 0. The van der Waals surface area contributed by atoms with E-state index >= 15 is 0 Å². The average molecular weight is 397 g/mol. The molecule has 2 aromatic heterocycles. The lowest BCUT2D eigenvalue weighted by molar-refractivity contribution is 0.0342. The molecule has 1 saturated heterocycles. The number of ether oxygens (including phenoxy) is 4. The lowest BCUT2D eigenvalue weighted by Gasteiger charge is -2.30. The van der Waals surface area contributed by atoms with Crippen LogP contribution in [0.3, 0.4) is 0 Å². The molecule has 2 aliphatic rings. The summed E-state index contributed by atoms with van der Waals surface area (Å²) in [6, 6.07) is 9.64. The monoisotopic (exact) mass is 397 g/mol. The first-order chi connectivity index (χ1) is 14.3. The molecule has 0 bridgehead atoms. The summed E-state index contributed by atoms with van der Waals surface area (Å²) in [6.45, 7) is 2.39. The number of nitrogens with one attached hydrogen (secondary N) is 1. The number of nitrogens with zero attached hydrogens (tertiary/aromatic N) is 4. The minimum Gasteiger partial charge on any atom is -0.454 e. The summed E-state index contributed by atoms with van der Waals surface area (Å²) in [6.07, 6.45) is 2.18. The number of anilines is 1. The van der Waals surface area contributed by atoms with E-state index in [1.54, 1.807) is 11.6 Å². The largest absolute Gasteiger partial charge is 0.454 e. The van der Waals surface area contributed by atoms with Crippen molar-refractivity contribution in [2.45, 2.75) is 18.9 Å². The van der Waals surface area contributed by atoms with Crippen LogP contribution in [0.25, 0.3) is 17.0 Å². The SMILES string of the molecule is COCC(Nc1ccc2nnc(-c3ccc4c(c3)OCO4)n2n1)C1CCCOC1. The van der Waals surface area contributed by atoms with Gasteiger partial charge in [0.2, 0.25) is 6.79 Å². The third kappa shape index (κ3) is 3.58. The summed E-state index contributed by atoms with van der Waals surface area (Å²) in [7, 11) is 1.71. The van der Waals surface area contributed by atoms with Gasteiger partial charge in [-0.1, -0.05) is 0 Å². The second kappa shape index (κ2) is 7.84. The molecule has 3 aromatic rings. The van der Waals surface area contributed by atoms with Crippen LogP contribution in [0.1, 0.15) is 12.8 Å². The van der Waals surface area contributed by atoms with Gasteiger partial charge in [-0.15, -0.1) is 15.3 Å². The summed E-state index contributed by atoms with van der Waals surface area (Å²) >= 11 is 0. The van der Waals surface area contributed by atoms with E-state index in [0.717, 1.165) is 43.2 Å². The molecule has 29 heavy (non-hydrogen) atoms. The van der Waals surface area contributed by atoms with Crippen LogP contribution < -0.4 is 14.8 Å². The van der Waals surface area contributed by atoms with Crippen molar-refractivity contribution in [2.24, 2.45) is 5.92 Å². The molecule has 0 saturated carbocycles. The van der Waals surface area contributed by atoms with Gasteiger partial charge in [-0.05, 0) is 43.2 Å². The van der Waals surface area contributed by atoms with Crippen LogP contribution in [0.2, 0.25) is 0 Å². The van der Waals surface area contributed by atoms with Gasteiger partial charge in [-0.25, -0.2) is 0 Å². The smallest absolute Gasteiger partial charge is 0.231 e. The highest BCUT2D eigenvalue weighted by molar-refractivity contribution is 5.64. The summed E-state index contributed by atoms with van der Waals surface area (Å²) in [5, 5.41) is 16.8. The van der Waals surface area contributed by atoms with Gasteiger partial charge in [0.1, 0.15) is 5.82 Å². The molecule has 0 amide bonds. The van der Waals surface area contributed by atoms with Crippen molar-refractivity contribution < 1.29 is 18.9 Å². The fourth-order valence-corrected chi connectivity index (χ4v) is 3.83. The van der Waals surface area contributed by atoms with Gasteiger partial charge in [0.15, 0.2) is 23.0 Å². The summed E-state index contributed by atoms with van der Waals surface area (Å²) in [5.74, 6) is 3.20. The quantitative estimate of drug-likeness (QED) is 0.678. The fraction of sp³-hybridized carbons (Fsp3) is 0.450. The third-order valence-electron chi connectivity index (χ3n) is 5.34. The molecule has 1 fully saturated rings. The topological polar surface area (TPSA) is 92.0 Å². The molecule has 0 radical (unpaired) electrons. The Bertz CT molecular complexity index is 1000. The minimum atomic E-state index is 0.121. The van der Waals surface area contributed by atoms with Gasteiger partial charge in [-0.3, -0.25) is 0 Å². The van der Waals surface area contributed by atoms with Crippen LogP contribution in [0.4, 0.5) is 5.82 Å². The highest BCUT2D eigenvalue weighted by Gasteiger charge is 2.25. The fourth-order valence-electron chi connectivity index (χ4n) is 3.83. The zero-order valence-electron chi connectivity index (χ0n) is 16.2. The number of hydrogen-bond donors (Lipinski definition) is 1. The Kier molecular flexibility index (Phi) is 4.91. The van der Waals surface area contributed by atoms with E-state index in [9.17, 15) is 0 Å². The number of hydrogen-bond acceptors (Lipinski definition) is 8. The van der Waals surface area contributed by atoms with E-state index in [1.165, 1.54) is 0 Å². The zero-order chi connectivity index (χ0) is 19.6. The van der Waals surface area contributed by atoms with Gasteiger partial charge in [0, 0.05) is 25.2 Å². The van der Waals surface area contributed by atoms with E-state index in [0.29, 0.717) is 29.7 Å². The van der Waals surface area contributed by atoms with Crippen LogP contribution in [0.5, 0.6) is 11.5 Å². The maximum Gasteiger partial charge on any atom is 0.231 e. The van der Waals surface area contributed by atoms with E-state index in [-0.39, 0.29) is 12.8 Å². The van der Waals surface area contributed by atoms with Crippen molar-refractivity contribution in [3.63, 3.8) is 0 Å². The molecule has 1 aromatic carbocycles. The normalized spacial score (nSPS) is 19.4. The Morgan fingerprint density at radius 2 is 2.14 bits per heavy atom. The van der Waals surface area contributed by atoms with Crippen LogP contribution in [-0.4, -0.2) is 59.6 Å².